The zero-order chi connectivity index (χ0) is 11.6. The fourth-order valence-electron chi connectivity index (χ4n) is 1.55. The maximum Gasteiger partial charge on any atom is 0.313 e. The van der Waals surface area contributed by atoms with E-state index in [0.717, 1.165) is 11.1 Å². The molecule has 0 atom stereocenters. The summed E-state index contributed by atoms with van der Waals surface area (Å²) >= 11 is 0. The molecule has 0 saturated carbocycles. The van der Waals surface area contributed by atoms with E-state index in [9.17, 15) is 9.90 Å². The van der Waals surface area contributed by atoms with Gasteiger partial charge in [-0.2, -0.15) is 0 Å². The van der Waals surface area contributed by atoms with Gasteiger partial charge < -0.3 is 5.11 Å². The van der Waals surface area contributed by atoms with Crippen molar-refractivity contribution in [3.63, 3.8) is 0 Å². The number of pyridine rings is 1. The van der Waals surface area contributed by atoms with Gasteiger partial charge in [0.1, 0.15) is 0 Å². The average Bonchev–Trinajstić information content (AvgIpc) is 2.17. The lowest BCUT2D eigenvalue weighted by Gasteiger charge is -2.24. The third-order valence-electron chi connectivity index (χ3n) is 2.68. The largest absolute Gasteiger partial charge is 0.481 e. The minimum atomic E-state index is -0.859. The van der Waals surface area contributed by atoms with Crippen LogP contribution in [-0.2, 0) is 10.2 Å². The van der Waals surface area contributed by atoms with Gasteiger partial charge in [0.2, 0.25) is 0 Å². The molecule has 0 unspecified atom stereocenters. The molecule has 1 N–H and O–H groups in total. The molecule has 82 valence electrons. The van der Waals surface area contributed by atoms with Crippen LogP contribution in [0.1, 0.15) is 44.7 Å². The summed E-state index contributed by atoms with van der Waals surface area (Å²) in [4.78, 5) is 15.2. The quantitative estimate of drug-likeness (QED) is 0.828. The zero-order valence-corrected chi connectivity index (χ0v) is 9.61. The number of nitrogens with zero attached hydrogens (tertiary/aromatic N) is 1. The number of carboxylic acid groups (broad SMARTS) is 1. The number of rotatable bonds is 3. The number of aromatic nitrogens is 1. The Bertz CT molecular complexity index is 370. The van der Waals surface area contributed by atoms with Gasteiger partial charge in [0, 0.05) is 12.4 Å². The van der Waals surface area contributed by atoms with Crippen molar-refractivity contribution >= 4 is 5.97 Å². The number of carboxylic acids is 1. The summed E-state index contributed by atoms with van der Waals surface area (Å²) in [6.07, 6.45) is 3.40. The van der Waals surface area contributed by atoms with Crippen molar-refractivity contribution in [1.29, 1.82) is 0 Å². The lowest BCUT2D eigenvalue weighted by atomic mass is 9.80. The van der Waals surface area contributed by atoms with Crippen LogP contribution in [0.15, 0.2) is 18.5 Å². The standard InChI is InChI=1S/C12H17NO2/c1-8(2)9-7-13-6-5-10(9)12(3,4)11(14)15/h5-8H,1-4H3,(H,14,15). The van der Waals surface area contributed by atoms with Crippen LogP contribution in [0.5, 0.6) is 0 Å². The van der Waals surface area contributed by atoms with Crippen molar-refractivity contribution in [3.05, 3.63) is 29.6 Å². The van der Waals surface area contributed by atoms with Crippen LogP contribution in [0.25, 0.3) is 0 Å². The Morgan fingerprint density at radius 1 is 1.47 bits per heavy atom. The Hall–Kier alpha value is -1.38. The van der Waals surface area contributed by atoms with E-state index in [0.29, 0.717) is 0 Å². The van der Waals surface area contributed by atoms with Crippen molar-refractivity contribution in [2.24, 2.45) is 0 Å². The molecule has 0 aliphatic heterocycles. The fraction of sp³-hybridized carbons (Fsp3) is 0.500. The Balaban J connectivity index is 3.30. The molecule has 1 aromatic heterocycles. The summed E-state index contributed by atoms with van der Waals surface area (Å²) in [6, 6.07) is 1.80. The molecule has 3 heteroatoms. The molecule has 0 fully saturated rings. The second-order valence-electron chi connectivity index (χ2n) is 4.55. The van der Waals surface area contributed by atoms with Crippen LogP contribution in [0.2, 0.25) is 0 Å². The first-order valence-electron chi connectivity index (χ1n) is 5.05. The normalized spacial score (nSPS) is 11.8. The Kier molecular flexibility index (Phi) is 3.12. The van der Waals surface area contributed by atoms with Crippen molar-refractivity contribution in [1.82, 2.24) is 4.98 Å². The molecule has 0 bridgehead atoms. The Labute approximate surface area is 90.2 Å². The van der Waals surface area contributed by atoms with Crippen LogP contribution < -0.4 is 0 Å². The maximum atomic E-state index is 11.2. The smallest absolute Gasteiger partial charge is 0.313 e. The van der Waals surface area contributed by atoms with E-state index in [-0.39, 0.29) is 5.92 Å². The van der Waals surface area contributed by atoms with Crippen LogP contribution >= 0.6 is 0 Å². The second kappa shape index (κ2) is 4.01. The lowest BCUT2D eigenvalue weighted by molar-refractivity contribution is -0.142. The molecule has 3 nitrogen and oxygen atoms in total. The Morgan fingerprint density at radius 3 is 2.53 bits per heavy atom. The van der Waals surface area contributed by atoms with Gasteiger partial charge >= 0.3 is 5.97 Å². The molecule has 0 radical (unpaired) electrons. The molecule has 0 aromatic carbocycles. The van der Waals surface area contributed by atoms with Crippen molar-refractivity contribution in [2.75, 3.05) is 0 Å². The molecule has 0 spiro atoms. The topological polar surface area (TPSA) is 50.2 Å². The summed E-state index contributed by atoms with van der Waals surface area (Å²) in [5.41, 5.74) is 0.993. The van der Waals surface area contributed by atoms with Gasteiger partial charge in [0.05, 0.1) is 5.41 Å². The van der Waals surface area contributed by atoms with Gasteiger partial charge in [-0.15, -0.1) is 0 Å². The van der Waals surface area contributed by atoms with Gasteiger partial charge in [-0.3, -0.25) is 9.78 Å². The highest BCUT2D eigenvalue weighted by atomic mass is 16.4. The highest BCUT2D eigenvalue weighted by Crippen LogP contribution is 2.30. The third-order valence-corrected chi connectivity index (χ3v) is 2.68. The van der Waals surface area contributed by atoms with Gasteiger partial charge in [0.25, 0.3) is 0 Å². The second-order valence-corrected chi connectivity index (χ2v) is 4.55. The van der Waals surface area contributed by atoms with E-state index in [1.165, 1.54) is 0 Å². The van der Waals surface area contributed by atoms with Crippen molar-refractivity contribution < 1.29 is 9.90 Å². The first kappa shape index (κ1) is 11.7. The summed E-state index contributed by atoms with van der Waals surface area (Å²) in [5.74, 6) is -0.525. The van der Waals surface area contributed by atoms with E-state index in [2.05, 4.69) is 4.98 Å². The summed E-state index contributed by atoms with van der Waals surface area (Å²) in [6.45, 7) is 7.52. The summed E-state index contributed by atoms with van der Waals surface area (Å²) < 4.78 is 0. The first-order valence-corrected chi connectivity index (χ1v) is 5.05. The average molecular weight is 207 g/mol. The molecule has 0 aliphatic rings. The Morgan fingerprint density at radius 2 is 2.07 bits per heavy atom. The number of hydrogen-bond acceptors (Lipinski definition) is 2. The first-order chi connectivity index (χ1) is 6.87. The molecule has 0 saturated heterocycles. The lowest BCUT2D eigenvalue weighted by Crippen LogP contribution is -2.30. The molecular formula is C12H17NO2. The van der Waals surface area contributed by atoms with E-state index < -0.39 is 11.4 Å². The number of aliphatic carboxylic acids is 1. The van der Waals surface area contributed by atoms with Crippen LogP contribution in [0, 0.1) is 0 Å². The number of hydrogen-bond donors (Lipinski definition) is 1. The predicted octanol–water partition coefficient (Wildman–Crippen LogP) is 2.57. The van der Waals surface area contributed by atoms with Crippen molar-refractivity contribution in [2.45, 2.75) is 39.0 Å². The van der Waals surface area contributed by atoms with Crippen LogP contribution in [0.3, 0.4) is 0 Å². The minimum Gasteiger partial charge on any atom is -0.481 e. The molecule has 1 rings (SSSR count). The monoisotopic (exact) mass is 207 g/mol. The highest BCUT2D eigenvalue weighted by Gasteiger charge is 2.32. The van der Waals surface area contributed by atoms with Gasteiger partial charge in [-0.1, -0.05) is 13.8 Å². The fourth-order valence-corrected chi connectivity index (χ4v) is 1.55. The molecule has 0 aliphatic carbocycles. The molecule has 1 aromatic rings. The van der Waals surface area contributed by atoms with Gasteiger partial charge in [0.15, 0.2) is 0 Å². The van der Waals surface area contributed by atoms with Crippen LogP contribution in [0.4, 0.5) is 0 Å². The number of carbonyl (C=O) groups is 1. The summed E-state index contributed by atoms with van der Waals surface area (Å²) in [5, 5.41) is 9.18. The van der Waals surface area contributed by atoms with E-state index >= 15 is 0 Å². The zero-order valence-electron chi connectivity index (χ0n) is 9.61. The van der Waals surface area contributed by atoms with Crippen LogP contribution in [-0.4, -0.2) is 16.1 Å². The van der Waals surface area contributed by atoms with E-state index in [4.69, 9.17) is 0 Å². The van der Waals surface area contributed by atoms with E-state index in [1.807, 2.05) is 13.8 Å². The highest BCUT2D eigenvalue weighted by molar-refractivity contribution is 5.80. The summed E-state index contributed by atoms with van der Waals surface area (Å²) in [7, 11) is 0. The third kappa shape index (κ3) is 2.17. The van der Waals surface area contributed by atoms with Gasteiger partial charge in [-0.25, -0.2) is 0 Å². The minimum absolute atomic E-state index is 0.285. The van der Waals surface area contributed by atoms with Gasteiger partial charge in [-0.05, 0) is 37.0 Å². The molecule has 1 heterocycles. The molecule has 0 amide bonds. The maximum absolute atomic E-state index is 11.2. The molecule has 15 heavy (non-hydrogen) atoms. The SMILES string of the molecule is CC(C)c1cnccc1C(C)(C)C(=O)O. The predicted molar refractivity (Wildman–Crippen MR) is 59.0 cm³/mol. The van der Waals surface area contributed by atoms with Crippen molar-refractivity contribution in [3.8, 4) is 0 Å². The molecular weight excluding hydrogens is 190 g/mol. The van der Waals surface area contributed by atoms with E-state index in [1.54, 1.807) is 32.3 Å².